The Morgan fingerprint density at radius 2 is 2.12 bits per heavy atom. The van der Waals surface area contributed by atoms with Gasteiger partial charge in [-0.1, -0.05) is 42.1 Å². The molecule has 1 aromatic carbocycles. The van der Waals surface area contributed by atoms with Crippen molar-refractivity contribution in [3.05, 3.63) is 30.3 Å². The molecule has 0 N–H and O–H groups in total. The minimum absolute atomic E-state index is 0.229. The quantitative estimate of drug-likeness (QED) is 0.768. The van der Waals surface area contributed by atoms with E-state index in [4.69, 9.17) is 21.6 Å². The van der Waals surface area contributed by atoms with Crippen molar-refractivity contribution in [3.63, 3.8) is 0 Å². The molecule has 17 heavy (non-hydrogen) atoms. The van der Waals surface area contributed by atoms with Gasteiger partial charge in [0.2, 0.25) is 0 Å². The van der Waals surface area contributed by atoms with E-state index in [1.54, 1.807) is 0 Å². The molecule has 0 heterocycles. The molecule has 5 heteroatoms. The first-order chi connectivity index (χ1) is 8.06. The first-order valence-corrected chi connectivity index (χ1v) is 8.05. The molecule has 0 aliphatic rings. The summed E-state index contributed by atoms with van der Waals surface area (Å²) in [4.78, 5) is 11.5. The molecule has 0 aliphatic heterocycles. The summed E-state index contributed by atoms with van der Waals surface area (Å²) < 4.78 is 5.61. The largest absolute Gasteiger partial charge is 0.345 e. The highest BCUT2D eigenvalue weighted by molar-refractivity contribution is 8.16. The van der Waals surface area contributed by atoms with Gasteiger partial charge in [-0.25, -0.2) is 0 Å². The molecule has 0 fully saturated rings. The summed E-state index contributed by atoms with van der Waals surface area (Å²) >= 11 is 5.51. The molecule has 1 aromatic rings. The summed E-state index contributed by atoms with van der Waals surface area (Å²) in [5.74, 6) is -0.229. The summed E-state index contributed by atoms with van der Waals surface area (Å²) in [7, 11) is 0. The third-order valence-corrected chi connectivity index (χ3v) is 6.68. The average molecular weight is 267 g/mol. The predicted molar refractivity (Wildman–Crippen MR) is 72.1 cm³/mol. The lowest BCUT2D eigenvalue weighted by molar-refractivity contribution is -0.115. The topological polar surface area (TPSA) is 50.1 Å². The van der Waals surface area contributed by atoms with E-state index in [1.807, 2.05) is 43.3 Å². The van der Waals surface area contributed by atoms with Crippen LogP contribution in [0.2, 0.25) is 0 Å². The Balaban J connectivity index is 3.28. The van der Waals surface area contributed by atoms with Crippen LogP contribution in [0.5, 0.6) is 0 Å². The molecule has 0 radical (unpaired) electrons. The van der Waals surface area contributed by atoms with Gasteiger partial charge < -0.3 is 4.52 Å². The molecule has 0 bridgehead atoms. The molecule has 1 rings (SSSR count). The zero-order valence-corrected chi connectivity index (χ0v) is 11.5. The van der Waals surface area contributed by atoms with Crippen LogP contribution in [-0.2, 0) is 21.1 Å². The van der Waals surface area contributed by atoms with E-state index in [1.165, 1.54) is 6.92 Å². The second-order valence-electron chi connectivity index (χ2n) is 3.49. The Kier molecular flexibility index (Phi) is 5.02. The van der Waals surface area contributed by atoms with Crippen LogP contribution in [0.15, 0.2) is 30.3 Å². The van der Waals surface area contributed by atoms with Gasteiger partial charge in [0, 0.05) is 11.9 Å². The fraction of sp³-hybridized carbons (Fsp3) is 0.333. The van der Waals surface area contributed by atoms with Crippen molar-refractivity contribution in [2.45, 2.75) is 19.5 Å². The number of ketones is 1. The average Bonchev–Trinajstić information content (AvgIpc) is 2.31. The number of hydrogen-bond acceptors (Lipinski definition) is 4. The number of Topliss-reactive ketones (excluding diaryl/α,β-unsaturated/α-hetero) is 1. The Morgan fingerprint density at radius 3 is 2.53 bits per heavy atom. The van der Waals surface area contributed by atoms with E-state index in [0.29, 0.717) is 6.61 Å². The zero-order valence-electron chi connectivity index (χ0n) is 9.79. The van der Waals surface area contributed by atoms with Gasteiger partial charge in [-0.15, -0.1) is 0 Å². The SMILES string of the molecule is CCO[P@@](=S)(c1ccccc1)[C@H](C#N)C(C)=O. The Morgan fingerprint density at radius 1 is 1.53 bits per heavy atom. The van der Waals surface area contributed by atoms with Gasteiger partial charge in [0.15, 0.2) is 11.4 Å². The minimum atomic E-state index is -2.62. The van der Waals surface area contributed by atoms with Crippen molar-refractivity contribution in [2.24, 2.45) is 0 Å². The molecule has 2 atom stereocenters. The number of rotatable bonds is 5. The second-order valence-corrected chi connectivity index (χ2v) is 7.61. The van der Waals surface area contributed by atoms with Crippen LogP contribution in [0.4, 0.5) is 0 Å². The highest BCUT2D eigenvalue weighted by Gasteiger charge is 2.34. The molecule has 90 valence electrons. The zero-order chi connectivity index (χ0) is 12.9. The molecule has 0 saturated heterocycles. The van der Waals surface area contributed by atoms with Gasteiger partial charge in [0.25, 0.3) is 0 Å². The monoisotopic (exact) mass is 267 g/mol. The van der Waals surface area contributed by atoms with E-state index in [2.05, 4.69) is 0 Å². The maximum absolute atomic E-state index is 11.5. The molecular weight excluding hydrogens is 253 g/mol. The summed E-state index contributed by atoms with van der Waals surface area (Å²) in [6.07, 6.45) is -2.62. The van der Waals surface area contributed by atoms with E-state index < -0.39 is 11.9 Å². The minimum Gasteiger partial charge on any atom is -0.345 e. The lowest BCUT2D eigenvalue weighted by Gasteiger charge is -2.25. The van der Waals surface area contributed by atoms with Crippen LogP contribution in [0, 0.1) is 11.3 Å². The summed E-state index contributed by atoms with van der Waals surface area (Å²) in [6, 6.07) is 11.2. The molecule has 0 aliphatic carbocycles. The third kappa shape index (κ3) is 3.01. The highest BCUT2D eigenvalue weighted by Crippen LogP contribution is 2.51. The van der Waals surface area contributed by atoms with Crippen LogP contribution in [0.25, 0.3) is 0 Å². The number of carbonyl (C=O) groups excluding carboxylic acids is 1. The molecular formula is C12H14NO2PS. The maximum atomic E-state index is 11.5. The summed E-state index contributed by atoms with van der Waals surface area (Å²) in [5, 5.41) is 9.91. The van der Waals surface area contributed by atoms with Crippen LogP contribution in [-0.4, -0.2) is 18.0 Å². The molecule has 0 saturated carbocycles. The van der Waals surface area contributed by atoms with Crippen molar-refractivity contribution < 1.29 is 9.32 Å². The summed E-state index contributed by atoms with van der Waals surface area (Å²) in [5.41, 5.74) is -0.861. The fourth-order valence-corrected chi connectivity index (χ4v) is 5.00. The van der Waals surface area contributed by atoms with E-state index in [0.717, 1.165) is 5.30 Å². The van der Waals surface area contributed by atoms with Crippen molar-refractivity contribution in [2.75, 3.05) is 6.61 Å². The van der Waals surface area contributed by atoms with Crippen molar-refractivity contribution >= 4 is 29.2 Å². The van der Waals surface area contributed by atoms with Gasteiger partial charge in [-0.05, 0) is 13.8 Å². The molecule has 0 aromatic heterocycles. The van der Waals surface area contributed by atoms with Crippen molar-refractivity contribution in [1.29, 1.82) is 5.26 Å². The molecule has 0 spiro atoms. The van der Waals surface area contributed by atoms with Gasteiger partial charge in [0.1, 0.15) is 6.26 Å². The van der Waals surface area contributed by atoms with Gasteiger partial charge in [0.05, 0.1) is 6.07 Å². The lowest BCUT2D eigenvalue weighted by atomic mass is 10.3. The van der Waals surface area contributed by atoms with E-state index >= 15 is 0 Å². The summed E-state index contributed by atoms with van der Waals surface area (Å²) in [6.45, 7) is 3.60. The third-order valence-electron chi connectivity index (χ3n) is 2.28. The highest BCUT2D eigenvalue weighted by atomic mass is 32.4. The van der Waals surface area contributed by atoms with Crippen LogP contribution < -0.4 is 5.30 Å². The Hall–Kier alpha value is -1.01. The first-order valence-electron chi connectivity index (χ1n) is 5.26. The number of carbonyl (C=O) groups is 1. The van der Waals surface area contributed by atoms with Crippen molar-refractivity contribution in [3.8, 4) is 6.07 Å². The number of nitrogens with zero attached hydrogens (tertiary/aromatic N) is 1. The standard InChI is InChI=1S/C12H14NO2PS/c1-3-15-16(17,12(9-13)10(2)14)11-7-5-4-6-8-11/h4-8,12H,3H2,1-2H3/t12-,16-/m1/s1. The van der Waals surface area contributed by atoms with Crippen LogP contribution in [0.3, 0.4) is 0 Å². The van der Waals surface area contributed by atoms with Gasteiger partial charge in [-0.2, -0.15) is 5.26 Å². The van der Waals surface area contributed by atoms with Crippen LogP contribution >= 0.6 is 6.26 Å². The number of benzene rings is 1. The normalized spacial score (nSPS) is 15.6. The number of nitriles is 1. The second kappa shape index (κ2) is 6.07. The van der Waals surface area contributed by atoms with Gasteiger partial charge in [-0.3, -0.25) is 4.79 Å². The fourth-order valence-electron chi connectivity index (χ4n) is 1.53. The van der Waals surface area contributed by atoms with Crippen molar-refractivity contribution in [1.82, 2.24) is 0 Å². The lowest BCUT2D eigenvalue weighted by Crippen LogP contribution is -2.24. The Bertz CT molecular complexity index is 481. The van der Waals surface area contributed by atoms with E-state index in [9.17, 15) is 4.79 Å². The van der Waals surface area contributed by atoms with E-state index in [-0.39, 0.29) is 5.78 Å². The molecule has 3 nitrogen and oxygen atoms in total. The maximum Gasteiger partial charge on any atom is 0.159 e. The molecule has 0 unspecified atom stereocenters. The Labute approximate surface area is 106 Å². The van der Waals surface area contributed by atoms with Gasteiger partial charge >= 0.3 is 0 Å². The predicted octanol–water partition coefficient (Wildman–Crippen LogP) is 2.22. The smallest absolute Gasteiger partial charge is 0.159 e. The number of hydrogen-bond donors (Lipinski definition) is 0. The van der Waals surface area contributed by atoms with Crippen LogP contribution in [0.1, 0.15) is 13.8 Å². The molecule has 0 amide bonds. The first kappa shape index (κ1) is 14.1.